The van der Waals surface area contributed by atoms with E-state index < -0.39 is 5.91 Å². The summed E-state index contributed by atoms with van der Waals surface area (Å²) in [7, 11) is 0. The summed E-state index contributed by atoms with van der Waals surface area (Å²) in [5.41, 5.74) is 2.30. The first-order valence-electron chi connectivity index (χ1n) is 10.9. The van der Waals surface area contributed by atoms with Crippen LogP contribution in [0, 0.1) is 6.92 Å². The fourth-order valence-electron chi connectivity index (χ4n) is 3.14. The Morgan fingerprint density at radius 2 is 1.68 bits per heavy atom. The molecule has 0 saturated carbocycles. The van der Waals surface area contributed by atoms with Crippen LogP contribution in [0.2, 0.25) is 5.02 Å². The van der Waals surface area contributed by atoms with Crippen LogP contribution in [-0.4, -0.2) is 18.3 Å². The molecular weight excluding hydrogens is 410 g/mol. The van der Waals surface area contributed by atoms with Crippen molar-refractivity contribution in [1.82, 2.24) is 0 Å². The number of halogens is 1. The number of carbonyl (C=O) groups is 2. The van der Waals surface area contributed by atoms with Crippen LogP contribution in [-0.2, 0) is 9.59 Å². The predicted molar refractivity (Wildman–Crippen MR) is 129 cm³/mol. The fraction of sp³-hybridized carbons (Fsp3) is 0.385. The third-order valence-electron chi connectivity index (χ3n) is 5.03. The van der Waals surface area contributed by atoms with E-state index in [2.05, 4.69) is 12.2 Å². The van der Waals surface area contributed by atoms with Crippen LogP contribution >= 0.6 is 11.6 Å². The lowest BCUT2D eigenvalue weighted by atomic mass is 10.1. The Morgan fingerprint density at radius 3 is 2.35 bits per heavy atom. The molecule has 2 rings (SSSR count). The van der Waals surface area contributed by atoms with Crippen LogP contribution in [0.5, 0.6) is 5.75 Å². The number of anilines is 1. The number of aryl methyl sites for hydroxylation is 1. The van der Waals surface area contributed by atoms with Crippen LogP contribution in [0.1, 0.15) is 63.5 Å². The highest BCUT2D eigenvalue weighted by Gasteiger charge is 2.16. The van der Waals surface area contributed by atoms with Crippen molar-refractivity contribution < 1.29 is 14.3 Å². The van der Waals surface area contributed by atoms with Crippen molar-refractivity contribution in [2.75, 3.05) is 11.9 Å². The normalized spacial score (nSPS) is 11.3. The van der Waals surface area contributed by atoms with Gasteiger partial charge in [-0.2, -0.15) is 0 Å². The van der Waals surface area contributed by atoms with E-state index in [1.807, 2.05) is 37.3 Å². The topological polar surface area (TPSA) is 55.4 Å². The third-order valence-corrected chi connectivity index (χ3v) is 5.26. The average molecular weight is 442 g/mol. The van der Waals surface area contributed by atoms with Gasteiger partial charge in [-0.1, -0.05) is 68.8 Å². The van der Waals surface area contributed by atoms with E-state index in [0.29, 0.717) is 17.3 Å². The highest BCUT2D eigenvalue weighted by atomic mass is 35.5. The number of benzene rings is 2. The van der Waals surface area contributed by atoms with Gasteiger partial charge in [0.1, 0.15) is 5.75 Å². The van der Waals surface area contributed by atoms with Gasteiger partial charge in [0.2, 0.25) is 0 Å². The zero-order valence-electron chi connectivity index (χ0n) is 18.7. The molecule has 0 aliphatic rings. The smallest absolute Gasteiger partial charge is 0.259 e. The van der Waals surface area contributed by atoms with Crippen LogP contribution in [0.3, 0.4) is 0 Å². The molecule has 0 unspecified atom stereocenters. The molecule has 0 aliphatic carbocycles. The Bertz CT molecular complexity index is 903. The molecule has 0 heterocycles. The summed E-state index contributed by atoms with van der Waals surface area (Å²) in [4.78, 5) is 24.8. The molecular formula is C26H32ClNO3. The van der Waals surface area contributed by atoms with Gasteiger partial charge in [0.15, 0.2) is 5.78 Å². The molecule has 2 aromatic rings. The predicted octanol–water partition coefficient (Wildman–Crippen LogP) is 7.00. The van der Waals surface area contributed by atoms with Gasteiger partial charge in [-0.15, -0.1) is 0 Å². The first kappa shape index (κ1) is 24.7. The average Bonchev–Trinajstić information content (AvgIpc) is 2.74. The minimum Gasteiger partial charge on any atom is -0.494 e. The molecule has 1 amide bonds. The van der Waals surface area contributed by atoms with E-state index in [-0.39, 0.29) is 11.4 Å². The molecule has 0 saturated heterocycles. The molecule has 2 aromatic carbocycles. The van der Waals surface area contributed by atoms with Gasteiger partial charge in [-0.05, 0) is 61.7 Å². The summed E-state index contributed by atoms with van der Waals surface area (Å²) in [6.45, 7) is 6.16. The Kier molecular flexibility index (Phi) is 10.3. The number of Topliss-reactive ketones (excluding diaryl/α,β-unsaturated/α-hetero) is 1. The summed E-state index contributed by atoms with van der Waals surface area (Å²) in [5, 5.41) is 3.30. The van der Waals surface area contributed by atoms with Crippen LogP contribution in [0.25, 0.3) is 6.08 Å². The lowest BCUT2D eigenvalue weighted by Crippen LogP contribution is -2.19. The summed E-state index contributed by atoms with van der Waals surface area (Å²) in [6, 6.07) is 12.7. The maximum absolute atomic E-state index is 12.7. The van der Waals surface area contributed by atoms with Gasteiger partial charge in [0.25, 0.3) is 5.91 Å². The second-order valence-corrected chi connectivity index (χ2v) is 8.15. The number of amides is 1. The lowest BCUT2D eigenvalue weighted by Gasteiger charge is -2.10. The minimum absolute atomic E-state index is 0.0834. The van der Waals surface area contributed by atoms with E-state index in [1.54, 1.807) is 18.2 Å². The summed E-state index contributed by atoms with van der Waals surface area (Å²) in [5.74, 6) is 0.0240. The van der Waals surface area contributed by atoms with Crippen LogP contribution in [0.15, 0.2) is 48.0 Å². The van der Waals surface area contributed by atoms with Crippen molar-refractivity contribution in [3.8, 4) is 5.75 Å². The fourth-order valence-corrected chi connectivity index (χ4v) is 3.32. The van der Waals surface area contributed by atoms with Gasteiger partial charge in [0.05, 0.1) is 12.2 Å². The molecule has 31 heavy (non-hydrogen) atoms. The number of nitrogens with one attached hydrogen (secondary N) is 1. The number of ether oxygens (including phenoxy) is 1. The monoisotopic (exact) mass is 441 g/mol. The maximum atomic E-state index is 12.7. The van der Waals surface area contributed by atoms with E-state index in [9.17, 15) is 9.59 Å². The Labute approximate surface area is 190 Å². The van der Waals surface area contributed by atoms with Crippen molar-refractivity contribution in [3.05, 3.63) is 64.2 Å². The van der Waals surface area contributed by atoms with Gasteiger partial charge in [-0.3, -0.25) is 9.59 Å². The Morgan fingerprint density at radius 1 is 1.00 bits per heavy atom. The molecule has 0 bridgehead atoms. The van der Waals surface area contributed by atoms with Crippen molar-refractivity contribution in [2.45, 2.75) is 59.3 Å². The van der Waals surface area contributed by atoms with E-state index in [4.69, 9.17) is 16.3 Å². The first-order chi connectivity index (χ1) is 14.9. The lowest BCUT2D eigenvalue weighted by molar-refractivity contribution is -0.118. The summed E-state index contributed by atoms with van der Waals surface area (Å²) >= 11 is 6.02. The highest BCUT2D eigenvalue weighted by Crippen LogP contribution is 2.22. The van der Waals surface area contributed by atoms with Crippen molar-refractivity contribution in [1.29, 1.82) is 0 Å². The van der Waals surface area contributed by atoms with E-state index in [0.717, 1.165) is 23.3 Å². The highest BCUT2D eigenvalue weighted by molar-refractivity contribution is 6.31. The quantitative estimate of drug-likeness (QED) is 0.167. The second kappa shape index (κ2) is 13.0. The first-order valence-corrected chi connectivity index (χ1v) is 11.3. The number of ketones is 1. The molecule has 0 aliphatic heterocycles. The molecule has 0 spiro atoms. The van der Waals surface area contributed by atoms with Crippen molar-refractivity contribution in [3.63, 3.8) is 0 Å². The molecule has 0 fully saturated rings. The Balaban J connectivity index is 1.96. The minimum atomic E-state index is -0.457. The Hall–Kier alpha value is -2.59. The number of hydrogen-bond acceptors (Lipinski definition) is 3. The molecule has 0 atom stereocenters. The van der Waals surface area contributed by atoms with Gasteiger partial charge < -0.3 is 10.1 Å². The zero-order valence-corrected chi connectivity index (χ0v) is 19.4. The third kappa shape index (κ3) is 8.58. The number of unbranched alkanes of at least 4 members (excludes halogenated alkanes) is 5. The number of rotatable bonds is 12. The number of carbonyl (C=O) groups excluding carboxylic acids is 2. The standard InChI is InChI=1S/C26H32ClNO3/c1-4-5-6-7-8-9-16-31-23-14-11-21(12-15-23)17-24(20(3)29)26(30)28-25-18-22(27)13-10-19(25)2/h10-15,17-18H,4-9,16H2,1-3H3,(H,28,30). The summed E-state index contributed by atoms with van der Waals surface area (Å²) in [6.07, 6.45) is 8.92. The largest absolute Gasteiger partial charge is 0.494 e. The zero-order chi connectivity index (χ0) is 22.6. The molecule has 1 N–H and O–H groups in total. The van der Waals surface area contributed by atoms with Gasteiger partial charge in [-0.25, -0.2) is 0 Å². The van der Waals surface area contributed by atoms with Crippen LogP contribution < -0.4 is 10.1 Å². The molecule has 4 nitrogen and oxygen atoms in total. The molecule has 5 heteroatoms. The van der Waals surface area contributed by atoms with Crippen molar-refractivity contribution in [2.24, 2.45) is 0 Å². The maximum Gasteiger partial charge on any atom is 0.259 e. The molecule has 0 radical (unpaired) electrons. The van der Waals surface area contributed by atoms with Crippen LogP contribution in [0.4, 0.5) is 5.69 Å². The van der Waals surface area contributed by atoms with E-state index in [1.165, 1.54) is 39.0 Å². The second-order valence-electron chi connectivity index (χ2n) is 7.71. The van der Waals surface area contributed by atoms with Crippen molar-refractivity contribution >= 4 is 35.1 Å². The number of hydrogen-bond donors (Lipinski definition) is 1. The van der Waals surface area contributed by atoms with Gasteiger partial charge >= 0.3 is 0 Å². The van der Waals surface area contributed by atoms with E-state index >= 15 is 0 Å². The van der Waals surface area contributed by atoms with Gasteiger partial charge in [0, 0.05) is 10.7 Å². The molecule has 166 valence electrons. The summed E-state index contributed by atoms with van der Waals surface area (Å²) < 4.78 is 5.79. The SMILES string of the molecule is CCCCCCCCOc1ccc(C=C(C(C)=O)C(=O)Nc2cc(Cl)ccc2C)cc1. The molecule has 0 aromatic heterocycles.